The van der Waals surface area contributed by atoms with Crippen molar-refractivity contribution in [1.29, 1.82) is 0 Å². The molecule has 0 radical (unpaired) electrons. The Bertz CT molecular complexity index is 826. The fraction of sp³-hybridized carbons (Fsp3) is 0.333. The van der Waals surface area contributed by atoms with Crippen molar-refractivity contribution < 1.29 is 19.1 Å². The smallest absolute Gasteiger partial charge is 0.339 e. The number of rotatable bonds is 5. The van der Waals surface area contributed by atoms with E-state index in [1.807, 2.05) is 36.4 Å². The summed E-state index contributed by atoms with van der Waals surface area (Å²) in [4.78, 5) is 24.9. The maximum atomic E-state index is 12.8. The highest BCUT2D eigenvalue weighted by molar-refractivity contribution is 5.95. The molecule has 1 saturated carbocycles. The predicted octanol–water partition coefficient (Wildman–Crippen LogP) is 3.04. The number of hydrogen-bond donors (Lipinski definition) is 1. The van der Waals surface area contributed by atoms with Crippen LogP contribution in [0.15, 0.2) is 48.5 Å². The molecule has 1 heterocycles. The van der Waals surface area contributed by atoms with E-state index in [9.17, 15) is 9.59 Å². The first-order chi connectivity index (χ1) is 12.7. The Morgan fingerprint density at radius 2 is 1.88 bits per heavy atom. The van der Waals surface area contributed by atoms with E-state index < -0.39 is 12.1 Å². The second-order valence-electron chi connectivity index (χ2n) is 6.85. The van der Waals surface area contributed by atoms with Crippen LogP contribution in [-0.4, -0.2) is 25.1 Å². The standard InChI is InChI=1S/C21H21NO4/c1-25-16-10-8-14(9-11-16)19(13-6-7-13)22-20(23)18-12-15-4-2-3-5-17(15)21(24)26-18/h2-5,8-11,13,18-19H,6-7,12H2,1H3,(H,22,23). The quantitative estimate of drug-likeness (QED) is 0.841. The first kappa shape index (κ1) is 16.6. The van der Waals surface area contributed by atoms with Crippen molar-refractivity contribution in [2.24, 2.45) is 5.92 Å². The zero-order valence-corrected chi connectivity index (χ0v) is 14.6. The molecule has 26 heavy (non-hydrogen) atoms. The van der Waals surface area contributed by atoms with Gasteiger partial charge in [0.1, 0.15) is 5.75 Å². The zero-order valence-electron chi connectivity index (χ0n) is 14.6. The van der Waals surface area contributed by atoms with Crippen molar-refractivity contribution in [3.05, 3.63) is 65.2 Å². The summed E-state index contributed by atoms with van der Waals surface area (Å²) >= 11 is 0. The van der Waals surface area contributed by atoms with Crippen LogP contribution in [0.2, 0.25) is 0 Å². The Balaban J connectivity index is 1.50. The van der Waals surface area contributed by atoms with Gasteiger partial charge >= 0.3 is 5.97 Å². The molecule has 0 aromatic heterocycles. The monoisotopic (exact) mass is 351 g/mol. The number of carbonyl (C=O) groups excluding carboxylic acids is 2. The van der Waals surface area contributed by atoms with Crippen LogP contribution in [0.5, 0.6) is 5.75 Å². The predicted molar refractivity (Wildman–Crippen MR) is 96.0 cm³/mol. The minimum Gasteiger partial charge on any atom is -0.497 e. The lowest BCUT2D eigenvalue weighted by molar-refractivity contribution is -0.131. The first-order valence-electron chi connectivity index (χ1n) is 8.89. The third kappa shape index (κ3) is 3.29. The molecule has 4 rings (SSSR count). The van der Waals surface area contributed by atoms with Gasteiger partial charge in [0.2, 0.25) is 0 Å². The van der Waals surface area contributed by atoms with Crippen LogP contribution < -0.4 is 10.1 Å². The number of ether oxygens (including phenoxy) is 2. The largest absolute Gasteiger partial charge is 0.497 e. The summed E-state index contributed by atoms with van der Waals surface area (Å²) in [5, 5.41) is 3.10. The molecular formula is C21H21NO4. The average Bonchev–Trinajstić information content (AvgIpc) is 3.51. The molecule has 1 aliphatic carbocycles. The van der Waals surface area contributed by atoms with Crippen LogP contribution in [0.25, 0.3) is 0 Å². The molecular weight excluding hydrogens is 330 g/mol. The molecule has 5 nitrogen and oxygen atoms in total. The van der Waals surface area contributed by atoms with Crippen LogP contribution in [0.3, 0.4) is 0 Å². The fourth-order valence-electron chi connectivity index (χ4n) is 3.44. The summed E-state index contributed by atoms with van der Waals surface area (Å²) < 4.78 is 10.6. The first-order valence-corrected chi connectivity index (χ1v) is 8.89. The number of cyclic esters (lactones) is 1. The molecule has 1 amide bonds. The van der Waals surface area contributed by atoms with Crippen LogP contribution in [-0.2, 0) is 16.0 Å². The van der Waals surface area contributed by atoms with E-state index in [0.717, 1.165) is 29.7 Å². The minimum absolute atomic E-state index is 0.0655. The summed E-state index contributed by atoms with van der Waals surface area (Å²) in [5.41, 5.74) is 2.45. The zero-order chi connectivity index (χ0) is 18.1. The van der Waals surface area contributed by atoms with Crippen LogP contribution in [0.1, 0.15) is 40.4 Å². The van der Waals surface area contributed by atoms with Crippen LogP contribution in [0.4, 0.5) is 0 Å². The third-order valence-electron chi connectivity index (χ3n) is 5.05. The van der Waals surface area contributed by atoms with Gasteiger partial charge in [0, 0.05) is 6.42 Å². The van der Waals surface area contributed by atoms with Gasteiger partial charge in [-0.2, -0.15) is 0 Å². The number of carbonyl (C=O) groups is 2. The SMILES string of the molecule is COc1ccc(C(NC(=O)C2Cc3ccccc3C(=O)O2)C2CC2)cc1. The summed E-state index contributed by atoms with van der Waals surface area (Å²) in [5.74, 6) is 0.548. The molecule has 2 aromatic carbocycles. The van der Waals surface area contributed by atoms with Crippen molar-refractivity contribution in [2.45, 2.75) is 31.4 Å². The van der Waals surface area contributed by atoms with Gasteiger partial charge in [-0.25, -0.2) is 4.79 Å². The van der Waals surface area contributed by atoms with E-state index in [-0.39, 0.29) is 11.9 Å². The van der Waals surface area contributed by atoms with Gasteiger partial charge in [0.05, 0.1) is 18.7 Å². The molecule has 0 spiro atoms. The highest BCUT2D eigenvalue weighted by atomic mass is 16.5. The highest BCUT2D eigenvalue weighted by Crippen LogP contribution is 2.41. The lowest BCUT2D eigenvalue weighted by atomic mass is 9.97. The number of amides is 1. The Hall–Kier alpha value is -2.82. The van der Waals surface area contributed by atoms with Gasteiger partial charge in [-0.15, -0.1) is 0 Å². The maximum absolute atomic E-state index is 12.8. The molecule has 2 aliphatic rings. The van der Waals surface area contributed by atoms with E-state index in [4.69, 9.17) is 9.47 Å². The number of fused-ring (bicyclic) bond motifs is 1. The highest BCUT2D eigenvalue weighted by Gasteiger charge is 2.37. The van der Waals surface area contributed by atoms with Gasteiger partial charge < -0.3 is 14.8 Å². The molecule has 0 bridgehead atoms. The fourth-order valence-corrected chi connectivity index (χ4v) is 3.44. The van der Waals surface area contributed by atoms with Crippen LogP contribution >= 0.6 is 0 Å². The molecule has 2 unspecified atom stereocenters. The summed E-state index contributed by atoms with van der Waals surface area (Å²) in [6, 6.07) is 15.0. The number of hydrogen-bond acceptors (Lipinski definition) is 4. The molecule has 2 atom stereocenters. The average molecular weight is 351 g/mol. The summed E-state index contributed by atoms with van der Waals surface area (Å²) in [6.07, 6.45) is 1.80. The molecule has 1 aliphatic heterocycles. The summed E-state index contributed by atoms with van der Waals surface area (Å²) in [7, 11) is 1.63. The Kier molecular flexibility index (Phi) is 4.37. The van der Waals surface area contributed by atoms with Gasteiger partial charge in [-0.1, -0.05) is 30.3 Å². The maximum Gasteiger partial charge on any atom is 0.339 e. The van der Waals surface area contributed by atoms with Crippen molar-refractivity contribution in [3.63, 3.8) is 0 Å². The molecule has 0 saturated heterocycles. The molecule has 5 heteroatoms. The Labute approximate surface area is 152 Å². The molecule has 1 fully saturated rings. The van der Waals surface area contributed by atoms with E-state index in [1.165, 1.54) is 0 Å². The van der Waals surface area contributed by atoms with Crippen molar-refractivity contribution >= 4 is 11.9 Å². The minimum atomic E-state index is -0.781. The number of esters is 1. The van der Waals surface area contributed by atoms with Crippen molar-refractivity contribution in [1.82, 2.24) is 5.32 Å². The normalized spacial score (nSPS) is 19.9. The van der Waals surface area contributed by atoms with Gasteiger partial charge in [0.25, 0.3) is 5.91 Å². The topological polar surface area (TPSA) is 64.6 Å². The van der Waals surface area contributed by atoms with E-state index in [2.05, 4.69) is 5.32 Å². The lowest BCUT2D eigenvalue weighted by Crippen LogP contribution is -2.43. The Morgan fingerprint density at radius 1 is 1.15 bits per heavy atom. The van der Waals surface area contributed by atoms with E-state index in [1.54, 1.807) is 19.2 Å². The second-order valence-corrected chi connectivity index (χ2v) is 6.85. The number of methoxy groups -OCH3 is 1. The number of nitrogens with one attached hydrogen (secondary N) is 1. The molecule has 1 N–H and O–H groups in total. The number of benzene rings is 2. The van der Waals surface area contributed by atoms with Gasteiger partial charge in [-0.05, 0) is 48.1 Å². The third-order valence-corrected chi connectivity index (χ3v) is 5.05. The molecule has 134 valence electrons. The van der Waals surface area contributed by atoms with Crippen LogP contribution in [0, 0.1) is 5.92 Å². The van der Waals surface area contributed by atoms with Crippen molar-refractivity contribution in [3.8, 4) is 5.75 Å². The lowest BCUT2D eigenvalue weighted by Gasteiger charge is -2.26. The van der Waals surface area contributed by atoms with Gasteiger partial charge in [0.15, 0.2) is 6.10 Å². The van der Waals surface area contributed by atoms with E-state index in [0.29, 0.717) is 17.9 Å². The molecule has 2 aromatic rings. The van der Waals surface area contributed by atoms with Gasteiger partial charge in [-0.3, -0.25) is 4.79 Å². The Morgan fingerprint density at radius 3 is 2.58 bits per heavy atom. The second kappa shape index (κ2) is 6.83. The van der Waals surface area contributed by atoms with E-state index >= 15 is 0 Å². The summed E-state index contributed by atoms with van der Waals surface area (Å²) in [6.45, 7) is 0. The van der Waals surface area contributed by atoms with Crippen molar-refractivity contribution in [2.75, 3.05) is 7.11 Å².